The molecule has 0 spiro atoms. The summed E-state index contributed by atoms with van der Waals surface area (Å²) in [6.45, 7) is 2.08. The molecule has 2 heterocycles. The van der Waals surface area contributed by atoms with Gasteiger partial charge in [-0.1, -0.05) is 12.1 Å². The predicted octanol–water partition coefficient (Wildman–Crippen LogP) is 4.72. The summed E-state index contributed by atoms with van der Waals surface area (Å²) in [7, 11) is 0. The highest BCUT2D eigenvalue weighted by atomic mass is 35.5. The van der Waals surface area contributed by atoms with E-state index in [-0.39, 0.29) is 5.38 Å². The molecule has 92 valence electrons. The van der Waals surface area contributed by atoms with Gasteiger partial charge in [-0.15, -0.1) is 22.9 Å². The van der Waals surface area contributed by atoms with Crippen LogP contribution >= 0.6 is 22.9 Å². The van der Waals surface area contributed by atoms with Gasteiger partial charge in [-0.25, -0.2) is 4.98 Å². The number of aryl methyl sites for hydroxylation is 1. The molecular formula is C14H12ClNOS. The van der Waals surface area contributed by atoms with Crippen molar-refractivity contribution in [3.8, 4) is 0 Å². The maximum absolute atomic E-state index is 6.39. The Labute approximate surface area is 114 Å². The zero-order valence-corrected chi connectivity index (χ0v) is 11.5. The number of thiophene rings is 1. The first-order valence-electron chi connectivity index (χ1n) is 5.77. The van der Waals surface area contributed by atoms with Crippen LogP contribution in [0.1, 0.15) is 21.0 Å². The summed E-state index contributed by atoms with van der Waals surface area (Å²) in [5, 5.41) is -0.0724. The Morgan fingerprint density at radius 3 is 2.83 bits per heavy atom. The molecule has 0 aliphatic carbocycles. The van der Waals surface area contributed by atoms with Crippen molar-refractivity contribution in [2.75, 3.05) is 0 Å². The normalized spacial score (nSPS) is 13.0. The molecule has 0 N–H and O–H groups in total. The lowest BCUT2D eigenvalue weighted by molar-refractivity contribution is 0.526. The Bertz CT molecular complexity index is 640. The standard InChI is InChI=1S/C14H12ClNOS/c1-9-6-7-13(18-9)10(15)8-14-16-11-4-2-3-5-12(11)17-14/h2-7,10H,8H2,1H3. The van der Waals surface area contributed by atoms with Crippen LogP contribution in [0.4, 0.5) is 0 Å². The van der Waals surface area contributed by atoms with Gasteiger partial charge in [0.2, 0.25) is 0 Å². The third-order valence-electron chi connectivity index (χ3n) is 2.76. The van der Waals surface area contributed by atoms with Gasteiger partial charge in [-0.05, 0) is 31.2 Å². The van der Waals surface area contributed by atoms with Gasteiger partial charge in [-0.3, -0.25) is 0 Å². The highest BCUT2D eigenvalue weighted by molar-refractivity contribution is 7.12. The molecule has 0 radical (unpaired) electrons. The monoisotopic (exact) mass is 277 g/mol. The number of fused-ring (bicyclic) bond motifs is 1. The topological polar surface area (TPSA) is 26.0 Å². The first-order chi connectivity index (χ1) is 8.72. The lowest BCUT2D eigenvalue weighted by Gasteiger charge is -2.02. The van der Waals surface area contributed by atoms with Crippen LogP contribution in [0.3, 0.4) is 0 Å². The van der Waals surface area contributed by atoms with Crippen molar-refractivity contribution in [2.45, 2.75) is 18.7 Å². The minimum absolute atomic E-state index is 0.0724. The van der Waals surface area contributed by atoms with Crippen LogP contribution < -0.4 is 0 Å². The molecule has 1 atom stereocenters. The van der Waals surface area contributed by atoms with Gasteiger partial charge in [0.05, 0.1) is 5.38 Å². The summed E-state index contributed by atoms with van der Waals surface area (Å²) in [5.41, 5.74) is 1.71. The fourth-order valence-corrected chi connectivity index (χ4v) is 3.08. The molecule has 0 fully saturated rings. The Kier molecular flexibility index (Phi) is 3.10. The number of benzene rings is 1. The predicted molar refractivity (Wildman–Crippen MR) is 75.4 cm³/mol. The number of aromatic nitrogens is 1. The number of nitrogens with zero attached hydrogens (tertiary/aromatic N) is 1. The number of halogens is 1. The van der Waals surface area contributed by atoms with Crippen molar-refractivity contribution < 1.29 is 4.42 Å². The van der Waals surface area contributed by atoms with Crippen molar-refractivity contribution >= 4 is 34.0 Å². The van der Waals surface area contributed by atoms with Crippen molar-refractivity contribution in [1.29, 1.82) is 0 Å². The van der Waals surface area contributed by atoms with E-state index in [1.54, 1.807) is 11.3 Å². The molecule has 0 bridgehead atoms. The van der Waals surface area contributed by atoms with Gasteiger partial charge in [0.25, 0.3) is 0 Å². The molecule has 0 aliphatic rings. The second-order valence-electron chi connectivity index (χ2n) is 4.20. The average Bonchev–Trinajstić information content (AvgIpc) is 2.94. The maximum atomic E-state index is 6.39. The Morgan fingerprint density at radius 1 is 1.28 bits per heavy atom. The van der Waals surface area contributed by atoms with Gasteiger partial charge in [0.1, 0.15) is 5.52 Å². The van der Waals surface area contributed by atoms with Gasteiger partial charge >= 0.3 is 0 Å². The summed E-state index contributed by atoms with van der Waals surface area (Å²) in [5.74, 6) is 0.697. The molecule has 0 amide bonds. The van der Waals surface area contributed by atoms with Crippen LogP contribution in [-0.4, -0.2) is 4.98 Å². The van der Waals surface area contributed by atoms with Crippen LogP contribution in [-0.2, 0) is 6.42 Å². The number of oxazole rings is 1. The molecule has 3 rings (SSSR count). The quantitative estimate of drug-likeness (QED) is 0.648. The summed E-state index contributed by atoms with van der Waals surface area (Å²) >= 11 is 8.11. The van der Waals surface area contributed by atoms with Crippen LogP contribution in [0.15, 0.2) is 40.8 Å². The van der Waals surface area contributed by atoms with Crippen LogP contribution in [0, 0.1) is 6.92 Å². The molecule has 18 heavy (non-hydrogen) atoms. The largest absolute Gasteiger partial charge is 0.441 e. The van der Waals surface area contributed by atoms with E-state index in [1.165, 1.54) is 4.88 Å². The average molecular weight is 278 g/mol. The molecule has 2 aromatic heterocycles. The second kappa shape index (κ2) is 4.75. The third kappa shape index (κ3) is 2.28. The number of hydrogen-bond acceptors (Lipinski definition) is 3. The molecule has 0 saturated carbocycles. The maximum Gasteiger partial charge on any atom is 0.197 e. The zero-order chi connectivity index (χ0) is 12.5. The van der Waals surface area contributed by atoms with E-state index < -0.39 is 0 Å². The molecule has 1 aromatic carbocycles. The molecule has 4 heteroatoms. The fourth-order valence-electron chi connectivity index (χ4n) is 1.88. The summed E-state index contributed by atoms with van der Waals surface area (Å²) < 4.78 is 5.68. The van der Waals surface area contributed by atoms with E-state index in [4.69, 9.17) is 16.0 Å². The van der Waals surface area contributed by atoms with Crippen LogP contribution in [0.5, 0.6) is 0 Å². The number of hydrogen-bond donors (Lipinski definition) is 0. The molecular weight excluding hydrogens is 266 g/mol. The summed E-state index contributed by atoms with van der Waals surface area (Å²) in [4.78, 5) is 6.87. The van der Waals surface area contributed by atoms with E-state index in [0.29, 0.717) is 12.3 Å². The Morgan fingerprint density at radius 2 is 2.11 bits per heavy atom. The number of rotatable bonds is 3. The second-order valence-corrected chi connectivity index (χ2v) is 6.04. The molecule has 1 unspecified atom stereocenters. The lowest BCUT2D eigenvalue weighted by atomic mass is 10.2. The number of para-hydroxylation sites is 2. The van der Waals surface area contributed by atoms with Crippen LogP contribution in [0.25, 0.3) is 11.1 Å². The highest BCUT2D eigenvalue weighted by Crippen LogP contribution is 2.31. The minimum Gasteiger partial charge on any atom is -0.441 e. The Balaban J connectivity index is 1.83. The smallest absolute Gasteiger partial charge is 0.197 e. The molecule has 0 aliphatic heterocycles. The summed E-state index contributed by atoms with van der Waals surface area (Å²) in [6, 6.07) is 11.9. The summed E-state index contributed by atoms with van der Waals surface area (Å²) in [6.07, 6.45) is 0.621. The zero-order valence-electron chi connectivity index (χ0n) is 9.89. The first kappa shape index (κ1) is 11.8. The van der Waals surface area contributed by atoms with Crippen molar-refractivity contribution in [1.82, 2.24) is 4.98 Å². The Hall–Kier alpha value is -1.32. The molecule has 0 saturated heterocycles. The fraction of sp³-hybridized carbons (Fsp3) is 0.214. The highest BCUT2D eigenvalue weighted by Gasteiger charge is 2.15. The van der Waals surface area contributed by atoms with Gasteiger partial charge in [0.15, 0.2) is 11.5 Å². The van der Waals surface area contributed by atoms with Crippen LogP contribution in [0.2, 0.25) is 0 Å². The van der Waals surface area contributed by atoms with Crippen molar-refractivity contribution in [2.24, 2.45) is 0 Å². The number of alkyl halides is 1. The van der Waals surface area contributed by atoms with E-state index in [0.717, 1.165) is 16.0 Å². The SMILES string of the molecule is Cc1ccc(C(Cl)Cc2nc3ccccc3o2)s1. The van der Waals surface area contributed by atoms with Gasteiger partial charge in [0, 0.05) is 16.2 Å². The third-order valence-corrected chi connectivity index (χ3v) is 4.40. The van der Waals surface area contributed by atoms with E-state index in [2.05, 4.69) is 24.0 Å². The van der Waals surface area contributed by atoms with Gasteiger partial charge < -0.3 is 4.42 Å². The van der Waals surface area contributed by atoms with Crippen molar-refractivity contribution in [3.63, 3.8) is 0 Å². The van der Waals surface area contributed by atoms with Crippen molar-refractivity contribution in [3.05, 3.63) is 52.0 Å². The molecule has 2 nitrogen and oxygen atoms in total. The van der Waals surface area contributed by atoms with E-state index in [9.17, 15) is 0 Å². The van der Waals surface area contributed by atoms with E-state index >= 15 is 0 Å². The minimum atomic E-state index is -0.0724. The van der Waals surface area contributed by atoms with E-state index in [1.807, 2.05) is 24.3 Å². The first-order valence-corrected chi connectivity index (χ1v) is 7.02. The van der Waals surface area contributed by atoms with Gasteiger partial charge in [-0.2, -0.15) is 0 Å². The lowest BCUT2D eigenvalue weighted by Crippen LogP contribution is -1.93. The molecule has 3 aromatic rings.